The Bertz CT molecular complexity index is 836. The van der Waals surface area contributed by atoms with E-state index in [0.29, 0.717) is 25.8 Å². The van der Waals surface area contributed by atoms with Crippen molar-refractivity contribution in [2.75, 3.05) is 26.7 Å². The number of rotatable bonds is 7. The van der Waals surface area contributed by atoms with Gasteiger partial charge in [0.25, 0.3) is 0 Å². The van der Waals surface area contributed by atoms with Crippen molar-refractivity contribution < 1.29 is 20.1 Å². The van der Waals surface area contributed by atoms with Crippen molar-refractivity contribution in [2.24, 2.45) is 5.92 Å². The van der Waals surface area contributed by atoms with Crippen LogP contribution in [-0.4, -0.2) is 87.4 Å². The van der Waals surface area contributed by atoms with E-state index >= 15 is 0 Å². The molecule has 0 spiro atoms. The summed E-state index contributed by atoms with van der Waals surface area (Å²) in [6, 6.07) is 10.9. The summed E-state index contributed by atoms with van der Waals surface area (Å²) in [4.78, 5) is 4.90. The van der Waals surface area contributed by atoms with Gasteiger partial charge in [0.1, 0.15) is 0 Å². The Kier molecular flexibility index (Phi) is 7.87. The third-order valence-electron chi connectivity index (χ3n) is 8.80. The van der Waals surface area contributed by atoms with Crippen LogP contribution in [0.2, 0.25) is 0 Å². The largest absolute Gasteiger partial charge is 0.391 e. The van der Waals surface area contributed by atoms with E-state index in [-0.39, 0.29) is 12.0 Å². The van der Waals surface area contributed by atoms with Crippen LogP contribution in [0.25, 0.3) is 0 Å². The first-order valence-corrected chi connectivity index (χ1v) is 13.0. The molecule has 0 radical (unpaired) electrons. The molecule has 4 rings (SSSR count). The predicted molar refractivity (Wildman–Crippen MR) is 134 cm³/mol. The number of aliphatic hydroxyl groups is 3. The fourth-order valence-corrected chi connectivity index (χ4v) is 6.97. The number of benzene rings is 1. The zero-order valence-electron chi connectivity index (χ0n) is 21.4. The molecule has 6 nitrogen and oxygen atoms in total. The first-order chi connectivity index (χ1) is 16.2. The topological polar surface area (TPSA) is 76.4 Å². The lowest BCUT2D eigenvalue weighted by molar-refractivity contribution is -0.171. The van der Waals surface area contributed by atoms with Crippen molar-refractivity contribution in [1.82, 2.24) is 9.80 Å². The maximum atomic E-state index is 11.9. The molecule has 1 aromatic carbocycles. The van der Waals surface area contributed by atoms with E-state index in [2.05, 4.69) is 53.1 Å². The lowest BCUT2D eigenvalue weighted by Crippen LogP contribution is -2.64. The van der Waals surface area contributed by atoms with Crippen LogP contribution < -0.4 is 0 Å². The molecular weight excluding hydrogens is 428 g/mol. The van der Waals surface area contributed by atoms with Gasteiger partial charge >= 0.3 is 0 Å². The summed E-state index contributed by atoms with van der Waals surface area (Å²) in [5, 5.41) is 34.3. The Morgan fingerprint density at radius 3 is 2.47 bits per heavy atom. The highest BCUT2D eigenvalue weighted by Gasteiger charge is 2.67. The fraction of sp³-hybridized carbons (Fsp3) is 0.714. The van der Waals surface area contributed by atoms with Crippen molar-refractivity contribution in [1.29, 1.82) is 0 Å². The number of fused-ring (bicyclic) bond motifs is 1. The molecule has 6 atom stereocenters. The van der Waals surface area contributed by atoms with Crippen molar-refractivity contribution in [3.05, 3.63) is 47.5 Å². The van der Waals surface area contributed by atoms with Crippen molar-refractivity contribution in [2.45, 2.75) is 94.9 Å². The normalized spacial score (nSPS) is 36.3. The Morgan fingerprint density at radius 1 is 1.18 bits per heavy atom. The Hall–Kier alpha value is -1.28. The Labute approximate surface area is 205 Å². The van der Waals surface area contributed by atoms with Gasteiger partial charge in [0.2, 0.25) is 0 Å². The highest BCUT2D eigenvalue weighted by Crippen LogP contribution is 2.53. The van der Waals surface area contributed by atoms with E-state index in [1.807, 2.05) is 13.8 Å². The monoisotopic (exact) mass is 472 g/mol. The molecule has 3 N–H and O–H groups in total. The Balaban J connectivity index is 1.57. The second kappa shape index (κ2) is 10.4. The molecule has 1 aromatic rings. The predicted octanol–water partition coefficient (Wildman–Crippen LogP) is 2.96. The van der Waals surface area contributed by atoms with Crippen LogP contribution in [0.3, 0.4) is 0 Å². The summed E-state index contributed by atoms with van der Waals surface area (Å²) in [6.07, 6.45) is 3.89. The van der Waals surface area contributed by atoms with E-state index in [1.54, 1.807) is 7.11 Å². The van der Waals surface area contributed by atoms with Crippen LogP contribution in [0.1, 0.15) is 58.4 Å². The molecule has 34 heavy (non-hydrogen) atoms. The van der Waals surface area contributed by atoms with Gasteiger partial charge < -0.3 is 20.1 Å². The lowest BCUT2D eigenvalue weighted by atomic mass is 9.65. The van der Waals surface area contributed by atoms with E-state index in [9.17, 15) is 15.3 Å². The average Bonchev–Trinajstić information content (AvgIpc) is 3.07. The molecule has 0 unspecified atom stereocenters. The minimum Gasteiger partial charge on any atom is -0.391 e. The molecule has 2 heterocycles. The van der Waals surface area contributed by atoms with E-state index < -0.39 is 29.5 Å². The summed E-state index contributed by atoms with van der Waals surface area (Å²) in [5.74, 6) is -0.350. The minimum absolute atomic E-state index is 0.280. The van der Waals surface area contributed by atoms with Crippen LogP contribution in [-0.2, 0) is 11.3 Å². The number of hydrogen-bond acceptors (Lipinski definition) is 6. The third-order valence-corrected chi connectivity index (χ3v) is 8.80. The number of methoxy groups -OCH3 is 1. The molecule has 0 aromatic heterocycles. The molecule has 1 saturated carbocycles. The van der Waals surface area contributed by atoms with Gasteiger partial charge in [0, 0.05) is 32.2 Å². The number of piperidine rings is 1. The summed E-state index contributed by atoms with van der Waals surface area (Å²) < 4.78 is 5.80. The maximum Gasteiger partial charge on any atom is 0.0904 e. The van der Waals surface area contributed by atoms with E-state index in [0.717, 1.165) is 32.5 Å². The summed E-state index contributed by atoms with van der Waals surface area (Å²) in [5.41, 5.74) is 0.849. The number of allylic oxidation sites excluding steroid dienone is 1. The molecule has 6 heteroatoms. The molecule has 0 amide bonds. The third kappa shape index (κ3) is 4.86. The van der Waals surface area contributed by atoms with Gasteiger partial charge in [-0.2, -0.15) is 0 Å². The first kappa shape index (κ1) is 25.8. The summed E-state index contributed by atoms with van der Waals surface area (Å²) >= 11 is 0. The standard InChI is InChI=1S/C28H44N2O4/c1-20(2)10-11-24(32)27(3)26-25(34-4)23(31)12-15-28(26,33)19-30(27)22-13-16-29(17-14-22)18-21-8-6-5-7-9-21/h5-10,22-26,31-33H,11-19H2,1-4H3/t23-,24-,25-,26-,27-,28+/m1/s1. The minimum atomic E-state index is -0.970. The van der Waals surface area contributed by atoms with Crippen molar-refractivity contribution in [3.8, 4) is 0 Å². The highest BCUT2D eigenvalue weighted by atomic mass is 16.5. The van der Waals surface area contributed by atoms with Gasteiger partial charge in [0.05, 0.1) is 29.5 Å². The zero-order chi connectivity index (χ0) is 24.5. The van der Waals surface area contributed by atoms with Gasteiger partial charge in [0.15, 0.2) is 0 Å². The molecular formula is C28H44N2O4. The number of nitrogens with zero attached hydrogens (tertiary/aromatic N) is 2. The van der Waals surface area contributed by atoms with Crippen molar-refractivity contribution >= 4 is 0 Å². The van der Waals surface area contributed by atoms with Gasteiger partial charge in [-0.25, -0.2) is 0 Å². The van der Waals surface area contributed by atoms with Gasteiger partial charge in [-0.15, -0.1) is 0 Å². The highest BCUT2D eigenvalue weighted by molar-refractivity contribution is 5.21. The second-order valence-electron chi connectivity index (χ2n) is 11.3. The first-order valence-electron chi connectivity index (χ1n) is 13.0. The van der Waals surface area contributed by atoms with Crippen LogP contribution in [0, 0.1) is 5.92 Å². The SMILES string of the molecule is CO[C@@H]1[C@H](O)CC[C@]2(O)CN(C3CCN(Cc4ccccc4)CC3)[C@](C)([C@H](O)CC=C(C)C)[C@@H]12. The number of likely N-dealkylation sites (tertiary alicyclic amines) is 2. The zero-order valence-corrected chi connectivity index (χ0v) is 21.4. The average molecular weight is 473 g/mol. The molecule has 1 aliphatic carbocycles. The maximum absolute atomic E-state index is 11.9. The Morgan fingerprint density at radius 2 is 1.85 bits per heavy atom. The van der Waals surface area contributed by atoms with Gasteiger partial charge in [-0.05, 0) is 71.5 Å². The number of hydrogen-bond donors (Lipinski definition) is 3. The van der Waals surface area contributed by atoms with Crippen LogP contribution in [0.5, 0.6) is 0 Å². The number of β-amino-alcohol motifs (C(OH)–C–C–N with tert-alkyl or cyclic N) is 1. The molecule has 2 saturated heterocycles. The molecule has 2 aliphatic heterocycles. The molecule has 0 bridgehead atoms. The van der Waals surface area contributed by atoms with Crippen LogP contribution >= 0.6 is 0 Å². The number of aliphatic hydroxyl groups excluding tert-OH is 2. The van der Waals surface area contributed by atoms with Gasteiger partial charge in [-0.3, -0.25) is 9.80 Å². The second-order valence-corrected chi connectivity index (χ2v) is 11.3. The molecule has 3 fully saturated rings. The fourth-order valence-electron chi connectivity index (χ4n) is 6.97. The van der Waals surface area contributed by atoms with Crippen LogP contribution in [0.15, 0.2) is 42.0 Å². The smallest absolute Gasteiger partial charge is 0.0904 e. The van der Waals surface area contributed by atoms with Crippen LogP contribution in [0.4, 0.5) is 0 Å². The molecule has 190 valence electrons. The van der Waals surface area contributed by atoms with Crippen molar-refractivity contribution in [3.63, 3.8) is 0 Å². The van der Waals surface area contributed by atoms with E-state index in [1.165, 1.54) is 11.1 Å². The van der Waals surface area contributed by atoms with E-state index in [4.69, 9.17) is 4.74 Å². The lowest BCUT2D eigenvalue weighted by Gasteiger charge is -2.51. The summed E-state index contributed by atoms with van der Waals surface area (Å²) in [7, 11) is 1.62. The molecule has 3 aliphatic rings. The number of ether oxygens (including phenoxy) is 1. The quantitative estimate of drug-likeness (QED) is 0.530. The summed E-state index contributed by atoms with van der Waals surface area (Å²) in [6.45, 7) is 9.66. The van der Waals surface area contributed by atoms with Gasteiger partial charge in [-0.1, -0.05) is 42.0 Å².